The fraction of sp³-hybridized carbons (Fsp3) is 0. The third-order valence-corrected chi connectivity index (χ3v) is 2.56. The van der Waals surface area contributed by atoms with Gasteiger partial charge in [-0.3, -0.25) is 0 Å². The van der Waals surface area contributed by atoms with E-state index in [0.717, 1.165) is 16.6 Å². The van der Waals surface area contributed by atoms with Crippen LogP contribution in [-0.2, 0) is 0 Å². The zero-order valence-corrected chi connectivity index (χ0v) is 8.99. The zero-order valence-electron chi connectivity index (χ0n) is 8.99. The Morgan fingerprint density at radius 2 is 2.06 bits per heavy atom. The van der Waals surface area contributed by atoms with Gasteiger partial charge in [0, 0.05) is 11.2 Å². The highest BCUT2D eigenvalue weighted by Crippen LogP contribution is 2.14. The number of benzene rings is 1. The van der Waals surface area contributed by atoms with Gasteiger partial charge in [0.05, 0.1) is 0 Å². The number of hydrogen-bond donors (Lipinski definition) is 2. The number of hydrogen-bond acceptors (Lipinski definition) is 2. The van der Waals surface area contributed by atoms with Crippen LogP contribution in [0, 0.1) is 0 Å². The van der Waals surface area contributed by atoms with Gasteiger partial charge in [0.2, 0.25) is 0 Å². The molecule has 0 unspecified atom stereocenters. The Morgan fingerprint density at radius 3 is 2.76 bits per heavy atom. The van der Waals surface area contributed by atoms with Gasteiger partial charge >= 0.3 is 5.63 Å². The fourth-order valence-corrected chi connectivity index (χ4v) is 1.82. The minimum atomic E-state index is -0.409. The first-order chi connectivity index (χ1) is 8.22. The van der Waals surface area contributed by atoms with E-state index in [4.69, 9.17) is 4.42 Å². The molecular formula is C13H10N2O2. The number of fused-ring (bicyclic) bond motifs is 1. The van der Waals surface area contributed by atoms with E-state index >= 15 is 0 Å². The molecule has 0 atom stereocenters. The van der Waals surface area contributed by atoms with Gasteiger partial charge < -0.3 is 14.4 Å². The molecule has 0 aliphatic heterocycles. The standard InChI is InChI=1S/C13H10N2O2/c1-8-14-12(13(16)17-8)7-10-6-9-4-2-3-5-11(9)15-10/h2-7,14-15H,1H2/b12-7-. The van der Waals surface area contributed by atoms with Crippen molar-refractivity contribution < 1.29 is 4.42 Å². The van der Waals surface area contributed by atoms with Gasteiger partial charge in [-0.25, -0.2) is 4.79 Å². The van der Waals surface area contributed by atoms with Gasteiger partial charge in [-0.2, -0.15) is 0 Å². The van der Waals surface area contributed by atoms with Crippen molar-refractivity contribution >= 4 is 23.6 Å². The average Bonchev–Trinajstić information content (AvgIpc) is 2.82. The summed E-state index contributed by atoms with van der Waals surface area (Å²) in [6, 6.07) is 9.89. The normalized spacial score (nSPS) is 12.4. The summed E-state index contributed by atoms with van der Waals surface area (Å²) in [6.07, 6.45) is 1.71. The first-order valence-electron chi connectivity index (χ1n) is 5.20. The molecule has 2 aromatic heterocycles. The smallest absolute Gasteiger partial charge is 0.361 e. The third kappa shape index (κ3) is 1.69. The number of aromatic amines is 2. The molecule has 84 valence electrons. The Kier molecular flexibility index (Phi) is 2.01. The summed E-state index contributed by atoms with van der Waals surface area (Å²) in [5, 5.41) is 1.49. The second-order valence-corrected chi connectivity index (χ2v) is 3.81. The van der Waals surface area contributed by atoms with Crippen molar-refractivity contribution in [1.82, 2.24) is 9.97 Å². The lowest BCUT2D eigenvalue weighted by molar-refractivity contribution is 0.488. The molecule has 2 heterocycles. The van der Waals surface area contributed by atoms with Gasteiger partial charge in [0.25, 0.3) is 0 Å². The van der Waals surface area contributed by atoms with E-state index < -0.39 is 5.63 Å². The Bertz CT molecular complexity index is 803. The summed E-state index contributed by atoms with van der Waals surface area (Å²) in [5.74, 6) is 0. The van der Waals surface area contributed by atoms with Crippen molar-refractivity contribution in [1.29, 1.82) is 0 Å². The minimum Gasteiger partial charge on any atom is -0.405 e. The first-order valence-corrected chi connectivity index (χ1v) is 5.20. The molecule has 2 N–H and O–H groups in total. The lowest BCUT2D eigenvalue weighted by Crippen LogP contribution is -2.21. The van der Waals surface area contributed by atoms with Gasteiger partial charge in [0.15, 0.2) is 5.55 Å². The van der Waals surface area contributed by atoms with Crippen LogP contribution in [0.3, 0.4) is 0 Å². The van der Waals surface area contributed by atoms with E-state index in [-0.39, 0.29) is 5.55 Å². The first kappa shape index (κ1) is 9.72. The number of H-pyrrole nitrogens is 2. The number of nitrogens with one attached hydrogen (secondary N) is 2. The minimum absolute atomic E-state index is 0.261. The molecule has 0 amide bonds. The predicted molar refractivity (Wildman–Crippen MR) is 66.0 cm³/mol. The van der Waals surface area contributed by atoms with Crippen LogP contribution >= 0.6 is 0 Å². The van der Waals surface area contributed by atoms with Crippen LogP contribution in [0.2, 0.25) is 0 Å². The molecule has 4 nitrogen and oxygen atoms in total. The SMILES string of the molecule is C=c1[nH]/c(=C\c2cc3ccccc3[nH]2)c(=O)o1. The maximum absolute atomic E-state index is 11.4. The summed E-state index contributed by atoms with van der Waals surface area (Å²) in [6.45, 7) is 3.53. The zero-order chi connectivity index (χ0) is 11.8. The molecule has 3 rings (SSSR count). The predicted octanol–water partition coefficient (Wildman–Crippen LogP) is 0.688. The van der Waals surface area contributed by atoms with Gasteiger partial charge in [0.1, 0.15) is 5.35 Å². The van der Waals surface area contributed by atoms with Crippen LogP contribution in [0.15, 0.2) is 39.5 Å². The highest BCUT2D eigenvalue weighted by atomic mass is 16.4. The van der Waals surface area contributed by atoms with Crippen molar-refractivity contribution in [2.75, 3.05) is 0 Å². The molecule has 0 saturated carbocycles. The van der Waals surface area contributed by atoms with Crippen LogP contribution in [-0.4, -0.2) is 9.97 Å². The molecule has 0 spiro atoms. The molecule has 0 fully saturated rings. The largest absolute Gasteiger partial charge is 0.405 e. The second kappa shape index (κ2) is 3.52. The Morgan fingerprint density at radius 1 is 1.24 bits per heavy atom. The molecule has 0 aliphatic carbocycles. The van der Waals surface area contributed by atoms with Crippen LogP contribution < -0.4 is 16.5 Å². The van der Waals surface area contributed by atoms with Crippen LogP contribution in [0.5, 0.6) is 0 Å². The number of para-hydroxylation sites is 1. The lowest BCUT2D eigenvalue weighted by Gasteiger charge is -1.84. The van der Waals surface area contributed by atoms with E-state index in [2.05, 4.69) is 16.5 Å². The van der Waals surface area contributed by atoms with Crippen LogP contribution in [0.4, 0.5) is 0 Å². The Labute approximate surface area is 95.9 Å². The highest BCUT2D eigenvalue weighted by molar-refractivity contribution is 5.82. The van der Waals surface area contributed by atoms with Crippen molar-refractivity contribution in [3.8, 4) is 0 Å². The van der Waals surface area contributed by atoms with Gasteiger partial charge in [-0.15, -0.1) is 0 Å². The van der Waals surface area contributed by atoms with Crippen molar-refractivity contribution in [2.45, 2.75) is 0 Å². The van der Waals surface area contributed by atoms with Gasteiger partial charge in [-0.05, 0) is 30.2 Å². The van der Waals surface area contributed by atoms with Crippen LogP contribution in [0.25, 0.3) is 23.6 Å². The number of oxazole rings is 1. The van der Waals surface area contributed by atoms with Crippen molar-refractivity contribution in [3.63, 3.8) is 0 Å². The van der Waals surface area contributed by atoms with Gasteiger partial charge in [-0.1, -0.05) is 18.2 Å². The molecule has 0 aliphatic rings. The summed E-state index contributed by atoms with van der Waals surface area (Å²) >= 11 is 0. The molecule has 17 heavy (non-hydrogen) atoms. The molecule has 0 radical (unpaired) electrons. The molecule has 3 aromatic rings. The monoisotopic (exact) mass is 226 g/mol. The number of aromatic nitrogens is 2. The Balaban J connectivity index is 2.23. The van der Waals surface area contributed by atoms with Crippen LogP contribution in [0.1, 0.15) is 5.69 Å². The lowest BCUT2D eigenvalue weighted by atomic mass is 10.2. The molecule has 1 aromatic carbocycles. The second-order valence-electron chi connectivity index (χ2n) is 3.81. The third-order valence-electron chi connectivity index (χ3n) is 2.56. The van der Waals surface area contributed by atoms with E-state index in [1.165, 1.54) is 0 Å². The molecular weight excluding hydrogens is 216 g/mol. The van der Waals surface area contributed by atoms with E-state index in [0.29, 0.717) is 5.35 Å². The fourth-order valence-electron chi connectivity index (χ4n) is 1.82. The topological polar surface area (TPSA) is 61.8 Å². The molecule has 0 bridgehead atoms. The maximum Gasteiger partial charge on any atom is 0.361 e. The molecule has 4 heteroatoms. The summed E-state index contributed by atoms with van der Waals surface area (Å²) in [7, 11) is 0. The van der Waals surface area contributed by atoms with E-state index in [1.807, 2.05) is 30.3 Å². The van der Waals surface area contributed by atoms with E-state index in [9.17, 15) is 4.79 Å². The summed E-state index contributed by atoms with van der Waals surface area (Å²) in [4.78, 5) is 17.4. The average molecular weight is 226 g/mol. The Hall–Kier alpha value is -2.49. The highest BCUT2D eigenvalue weighted by Gasteiger charge is 1.99. The maximum atomic E-state index is 11.4. The summed E-state index contributed by atoms with van der Waals surface area (Å²) < 4.78 is 4.79. The van der Waals surface area contributed by atoms with Crippen molar-refractivity contribution in [3.05, 3.63) is 57.3 Å². The summed E-state index contributed by atoms with van der Waals surface area (Å²) in [5.41, 5.74) is 1.73. The quantitative estimate of drug-likeness (QED) is 0.641. The molecule has 0 saturated heterocycles. The van der Waals surface area contributed by atoms with Crippen molar-refractivity contribution in [2.24, 2.45) is 0 Å². The number of rotatable bonds is 1. The van der Waals surface area contributed by atoms with E-state index in [1.54, 1.807) is 6.08 Å².